The Balaban J connectivity index is 1.31. The van der Waals surface area contributed by atoms with E-state index in [-0.39, 0.29) is 5.41 Å². The number of anilines is 3. The molecule has 10 rings (SSSR count). The molecule has 50 heavy (non-hydrogen) atoms. The smallest absolute Gasteiger partial charge is 0.0546 e. The van der Waals surface area contributed by atoms with Gasteiger partial charge in [0.2, 0.25) is 0 Å². The Morgan fingerprint density at radius 3 is 1.82 bits per heavy atom. The van der Waals surface area contributed by atoms with Crippen LogP contribution in [0.3, 0.4) is 0 Å². The number of hydrogen-bond donors (Lipinski definition) is 0. The summed E-state index contributed by atoms with van der Waals surface area (Å²) < 4.78 is 0. The second kappa shape index (κ2) is 10.9. The predicted octanol–water partition coefficient (Wildman–Crippen LogP) is 13.7. The number of rotatable bonds is 4. The summed E-state index contributed by atoms with van der Waals surface area (Å²) in [6, 6.07) is 65.0. The molecule has 0 heterocycles. The Hall–Kier alpha value is -6.18. The quantitative estimate of drug-likeness (QED) is 0.174. The SMILES string of the molecule is CC1(C)c2ccccc2-c2ccc(N(c3ccccc3-c3ccccc3)c3cc4ccc5ccc6ccccc6c5c4c4ccccc34)cc21. The molecular weight excluding hydrogens is 603 g/mol. The van der Waals surface area contributed by atoms with Gasteiger partial charge < -0.3 is 4.90 Å². The molecule has 0 amide bonds. The normalized spacial score (nSPS) is 13.2. The fourth-order valence-electron chi connectivity index (χ4n) is 8.63. The van der Waals surface area contributed by atoms with Crippen molar-refractivity contribution in [3.05, 3.63) is 187 Å². The molecule has 0 saturated carbocycles. The topological polar surface area (TPSA) is 3.24 Å². The number of hydrogen-bond acceptors (Lipinski definition) is 1. The van der Waals surface area contributed by atoms with Gasteiger partial charge in [0.15, 0.2) is 0 Å². The molecule has 1 nitrogen and oxygen atoms in total. The van der Waals surface area contributed by atoms with E-state index < -0.39 is 0 Å². The van der Waals surface area contributed by atoms with Crippen molar-refractivity contribution in [3.63, 3.8) is 0 Å². The van der Waals surface area contributed by atoms with Crippen molar-refractivity contribution < 1.29 is 0 Å². The van der Waals surface area contributed by atoms with Crippen molar-refractivity contribution in [1.29, 1.82) is 0 Å². The molecule has 1 aliphatic rings. The molecule has 0 fully saturated rings. The number of para-hydroxylation sites is 1. The lowest BCUT2D eigenvalue weighted by Gasteiger charge is -2.31. The average molecular weight is 638 g/mol. The highest BCUT2D eigenvalue weighted by molar-refractivity contribution is 6.29. The number of nitrogens with zero attached hydrogens (tertiary/aromatic N) is 1. The number of benzene rings is 9. The largest absolute Gasteiger partial charge is 0.309 e. The van der Waals surface area contributed by atoms with Crippen LogP contribution in [-0.2, 0) is 5.41 Å². The minimum atomic E-state index is -0.113. The fraction of sp³-hybridized carbons (Fsp3) is 0.0612. The summed E-state index contributed by atoms with van der Waals surface area (Å²) in [5.74, 6) is 0. The molecule has 9 aromatic carbocycles. The highest BCUT2D eigenvalue weighted by Gasteiger charge is 2.36. The summed E-state index contributed by atoms with van der Waals surface area (Å²) in [5, 5.41) is 10.2. The number of fused-ring (bicyclic) bond motifs is 10. The van der Waals surface area contributed by atoms with Crippen molar-refractivity contribution in [2.24, 2.45) is 0 Å². The molecule has 0 spiro atoms. The van der Waals surface area contributed by atoms with E-state index in [0.717, 1.165) is 11.4 Å². The first kappa shape index (κ1) is 28.8. The van der Waals surface area contributed by atoms with Gasteiger partial charge in [-0.25, -0.2) is 0 Å². The van der Waals surface area contributed by atoms with Gasteiger partial charge in [0.25, 0.3) is 0 Å². The Morgan fingerprint density at radius 2 is 0.980 bits per heavy atom. The zero-order valence-corrected chi connectivity index (χ0v) is 28.2. The Bertz CT molecular complexity index is 2790. The maximum absolute atomic E-state index is 2.51. The molecule has 1 aliphatic carbocycles. The molecule has 0 unspecified atom stereocenters. The lowest BCUT2D eigenvalue weighted by Crippen LogP contribution is -2.17. The molecule has 236 valence electrons. The van der Waals surface area contributed by atoms with Crippen molar-refractivity contribution in [1.82, 2.24) is 0 Å². The van der Waals surface area contributed by atoms with Crippen molar-refractivity contribution in [2.75, 3.05) is 4.90 Å². The second-order valence-electron chi connectivity index (χ2n) is 14.1. The first-order chi connectivity index (χ1) is 24.6. The van der Waals surface area contributed by atoms with Gasteiger partial charge in [-0.05, 0) is 89.8 Å². The van der Waals surface area contributed by atoms with E-state index in [9.17, 15) is 0 Å². The third-order valence-corrected chi connectivity index (χ3v) is 11.0. The van der Waals surface area contributed by atoms with Crippen LogP contribution in [0.15, 0.2) is 176 Å². The summed E-state index contributed by atoms with van der Waals surface area (Å²) in [4.78, 5) is 2.51. The Kier molecular flexibility index (Phi) is 6.29. The summed E-state index contributed by atoms with van der Waals surface area (Å²) in [6.45, 7) is 4.73. The van der Waals surface area contributed by atoms with E-state index in [4.69, 9.17) is 0 Å². The van der Waals surface area contributed by atoms with Crippen LogP contribution in [0.25, 0.3) is 65.3 Å². The van der Waals surface area contributed by atoms with Crippen molar-refractivity contribution in [2.45, 2.75) is 19.3 Å². The van der Waals surface area contributed by atoms with Gasteiger partial charge in [-0.2, -0.15) is 0 Å². The van der Waals surface area contributed by atoms with E-state index in [1.807, 2.05) is 0 Å². The van der Waals surface area contributed by atoms with Gasteiger partial charge in [0.05, 0.1) is 11.4 Å². The zero-order valence-electron chi connectivity index (χ0n) is 28.2. The summed E-state index contributed by atoms with van der Waals surface area (Å²) in [6.07, 6.45) is 0. The monoisotopic (exact) mass is 637 g/mol. The van der Waals surface area contributed by atoms with Crippen molar-refractivity contribution >= 4 is 60.2 Å². The van der Waals surface area contributed by atoms with Crippen LogP contribution in [0, 0.1) is 0 Å². The van der Waals surface area contributed by atoms with Crippen LogP contribution in [0.2, 0.25) is 0 Å². The van der Waals surface area contributed by atoms with E-state index in [0.29, 0.717) is 0 Å². The first-order valence-electron chi connectivity index (χ1n) is 17.5. The maximum atomic E-state index is 2.51. The third kappa shape index (κ3) is 4.20. The fourth-order valence-corrected chi connectivity index (χ4v) is 8.63. The molecule has 0 aromatic heterocycles. The summed E-state index contributed by atoms with van der Waals surface area (Å²) in [5.41, 5.74) is 11.2. The summed E-state index contributed by atoms with van der Waals surface area (Å²) >= 11 is 0. The zero-order chi connectivity index (χ0) is 33.4. The van der Waals surface area contributed by atoms with Crippen LogP contribution >= 0.6 is 0 Å². The van der Waals surface area contributed by atoms with E-state index >= 15 is 0 Å². The van der Waals surface area contributed by atoms with E-state index in [1.54, 1.807) is 0 Å². The maximum Gasteiger partial charge on any atom is 0.0546 e. The van der Waals surface area contributed by atoms with Gasteiger partial charge >= 0.3 is 0 Å². The minimum absolute atomic E-state index is 0.113. The average Bonchev–Trinajstić information content (AvgIpc) is 3.40. The molecule has 1 heteroatoms. The molecule has 9 aromatic rings. The minimum Gasteiger partial charge on any atom is -0.309 e. The van der Waals surface area contributed by atoms with E-state index in [2.05, 4.69) is 195 Å². The Labute approximate surface area is 292 Å². The highest BCUT2D eigenvalue weighted by Crippen LogP contribution is 2.52. The standard InChI is InChI=1S/C49H35N/c1-49(2)43-22-12-10-19-39(43)40-29-28-36(31-44(40)49)50(45-23-13-11-17-37(45)32-14-4-3-5-15-32)46-30-35-27-26-34-25-24-33-16-6-7-18-38(33)47(34)48(35)42-21-9-8-20-41(42)46/h3-31H,1-2H3. The van der Waals surface area contributed by atoms with Crippen LogP contribution in [0.4, 0.5) is 17.1 Å². The van der Waals surface area contributed by atoms with Gasteiger partial charge in [0.1, 0.15) is 0 Å². The van der Waals surface area contributed by atoms with Crippen LogP contribution < -0.4 is 4.90 Å². The van der Waals surface area contributed by atoms with Crippen LogP contribution in [-0.4, -0.2) is 0 Å². The van der Waals surface area contributed by atoms with E-state index in [1.165, 1.54) is 82.2 Å². The second-order valence-corrected chi connectivity index (χ2v) is 14.1. The van der Waals surface area contributed by atoms with Gasteiger partial charge in [-0.15, -0.1) is 0 Å². The third-order valence-electron chi connectivity index (χ3n) is 11.0. The van der Waals surface area contributed by atoms with Crippen molar-refractivity contribution in [3.8, 4) is 22.3 Å². The summed E-state index contributed by atoms with van der Waals surface area (Å²) in [7, 11) is 0. The molecule has 0 aliphatic heterocycles. The van der Waals surface area contributed by atoms with Crippen LogP contribution in [0.5, 0.6) is 0 Å². The predicted molar refractivity (Wildman–Crippen MR) is 214 cm³/mol. The Morgan fingerprint density at radius 1 is 0.380 bits per heavy atom. The van der Waals surface area contributed by atoms with Gasteiger partial charge in [0, 0.05) is 22.1 Å². The molecular formula is C49H35N. The van der Waals surface area contributed by atoms with Crippen LogP contribution in [0.1, 0.15) is 25.0 Å². The molecule has 0 radical (unpaired) electrons. The lowest BCUT2D eigenvalue weighted by molar-refractivity contribution is 0.660. The molecule has 0 bridgehead atoms. The molecule has 0 saturated heterocycles. The molecule has 0 atom stereocenters. The highest BCUT2D eigenvalue weighted by atomic mass is 15.1. The van der Waals surface area contributed by atoms with Gasteiger partial charge in [-0.3, -0.25) is 0 Å². The van der Waals surface area contributed by atoms with Gasteiger partial charge in [-0.1, -0.05) is 166 Å². The first-order valence-corrected chi connectivity index (χ1v) is 17.5. The lowest BCUT2D eigenvalue weighted by atomic mass is 9.82. The molecule has 0 N–H and O–H groups in total.